The highest BCUT2D eigenvalue weighted by Gasteiger charge is 2.44. The molecule has 11 heavy (non-hydrogen) atoms. The van der Waals surface area contributed by atoms with E-state index in [0.29, 0.717) is 26.2 Å². The molecule has 0 aromatic heterocycles. The van der Waals surface area contributed by atoms with Crippen molar-refractivity contribution >= 4 is 5.78 Å². The first kappa shape index (κ1) is 7.25. The first-order valence-corrected chi connectivity index (χ1v) is 4.08. The molecule has 62 valence electrons. The summed E-state index contributed by atoms with van der Waals surface area (Å²) in [4.78, 5) is 11.4. The van der Waals surface area contributed by atoms with Crippen LogP contribution in [0.5, 0.6) is 0 Å². The van der Waals surface area contributed by atoms with E-state index in [1.807, 2.05) is 0 Å². The van der Waals surface area contributed by atoms with E-state index in [2.05, 4.69) is 0 Å². The zero-order valence-electron chi connectivity index (χ0n) is 6.47. The Morgan fingerprint density at radius 3 is 2.45 bits per heavy atom. The highest BCUT2D eigenvalue weighted by atomic mass is 16.5. The number of ketones is 1. The Morgan fingerprint density at radius 2 is 1.91 bits per heavy atom. The summed E-state index contributed by atoms with van der Waals surface area (Å²) in [6, 6.07) is 0. The average molecular weight is 156 g/mol. The van der Waals surface area contributed by atoms with Crippen LogP contribution in [0.3, 0.4) is 0 Å². The van der Waals surface area contributed by atoms with Gasteiger partial charge in [0.1, 0.15) is 5.60 Å². The lowest BCUT2D eigenvalue weighted by atomic mass is 9.90. The Balaban J connectivity index is 2.12. The lowest BCUT2D eigenvalue weighted by Gasteiger charge is -2.30. The van der Waals surface area contributed by atoms with Crippen LogP contribution in [0.2, 0.25) is 0 Å². The minimum atomic E-state index is -0.432. The van der Waals surface area contributed by atoms with E-state index in [1.165, 1.54) is 0 Å². The standard InChI is InChI=1S/C8H12O3/c9-7-1-4-11-8(7)2-5-10-6-3-8/h1-6H2. The predicted octanol–water partition coefficient (Wildman–Crippen LogP) is 0.525. The topological polar surface area (TPSA) is 35.5 Å². The Labute approximate surface area is 65.7 Å². The van der Waals surface area contributed by atoms with Gasteiger partial charge in [-0.2, -0.15) is 0 Å². The normalized spacial score (nSPS) is 29.6. The minimum absolute atomic E-state index is 0.279. The highest BCUT2D eigenvalue weighted by molar-refractivity contribution is 5.89. The smallest absolute Gasteiger partial charge is 0.167 e. The van der Waals surface area contributed by atoms with Crippen molar-refractivity contribution in [1.82, 2.24) is 0 Å². The van der Waals surface area contributed by atoms with Crippen molar-refractivity contribution in [2.45, 2.75) is 24.9 Å². The maximum Gasteiger partial charge on any atom is 0.167 e. The molecule has 0 bridgehead atoms. The van der Waals surface area contributed by atoms with E-state index in [0.717, 1.165) is 12.8 Å². The number of hydrogen-bond acceptors (Lipinski definition) is 3. The largest absolute Gasteiger partial charge is 0.381 e. The molecule has 3 nitrogen and oxygen atoms in total. The quantitative estimate of drug-likeness (QED) is 0.513. The van der Waals surface area contributed by atoms with Crippen molar-refractivity contribution in [3.63, 3.8) is 0 Å². The van der Waals surface area contributed by atoms with Crippen LogP contribution in [0.25, 0.3) is 0 Å². The van der Waals surface area contributed by atoms with Crippen LogP contribution < -0.4 is 0 Å². The van der Waals surface area contributed by atoms with Gasteiger partial charge in [-0.1, -0.05) is 0 Å². The van der Waals surface area contributed by atoms with Gasteiger partial charge in [0, 0.05) is 32.5 Å². The number of carbonyl (C=O) groups is 1. The molecule has 3 heteroatoms. The van der Waals surface area contributed by atoms with Crippen LogP contribution >= 0.6 is 0 Å². The molecule has 0 atom stereocenters. The number of rotatable bonds is 0. The lowest BCUT2D eigenvalue weighted by Crippen LogP contribution is -2.41. The van der Waals surface area contributed by atoms with Crippen molar-refractivity contribution in [1.29, 1.82) is 0 Å². The molecule has 0 saturated carbocycles. The molecule has 2 saturated heterocycles. The molecule has 2 aliphatic rings. The van der Waals surface area contributed by atoms with Gasteiger partial charge in [0.15, 0.2) is 5.78 Å². The van der Waals surface area contributed by atoms with Gasteiger partial charge in [0.05, 0.1) is 6.61 Å². The van der Waals surface area contributed by atoms with Crippen LogP contribution in [-0.4, -0.2) is 31.2 Å². The molecular formula is C8H12O3. The second kappa shape index (κ2) is 2.57. The van der Waals surface area contributed by atoms with Crippen molar-refractivity contribution in [2.75, 3.05) is 19.8 Å². The molecule has 0 aliphatic carbocycles. The minimum Gasteiger partial charge on any atom is -0.381 e. The highest BCUT2D eigenvalue weighted by Crippen LogP contribution is 2.31. The molecule has 2 aliphatic heterocycles. The molecule has 2 rings (SSSR count). The third-order valence-corrected chi connectivity index (χ3v) is 2.52. The SMILES string of the molecule is O=C1CCOC12CCOCC2. The Hall–Kier alpha value is -0.410. The molecule has 0 aromatic carbocycles. The summed E-state index contributed by atoms with van der Waals surface area (Å²) in [5.74, 6) is 0.279. The van der Waals surface area contributed by atoms with Crippen LogP contribution in [0.15, 0.2) is 0 Å². The zero-order chi connectivity index (χ0) is 7.73. The third-order valence-electron chi connectivity index (χ3n) is 2.52. The van der Waals surface area contributed by atoms with Crippen molar-refractivity contribution in [3.05, 3.63) is 0 Å². The predicted molar refractivity (Wildman–Crippen MR) is 38.4 cm³/mol. The third kappa shape index (κ3) is 1.08. The fourth-order valence-electron chi connectivity index (χ4n) is 1.77. The van der Waals surface area contributed by atoms with Crippen LogP contribution in [0.4, 0.5) is 0 Å². The van der Waals surface area contributed by atoms with Gasteiger partial charge in [-0.25, -0.2) is 0 Å². The van der Waals surface area contributed by atoms with Crippen molar-refractivity contribution in [2.24, 2.45) is 0 Å². The van der Waals surface area contributed by atoms with Gasteiger partial charge in [-0.3, -0.25) is 4.79 Å². The van der Waals surface area contributed by atoms with E-state index in [4.69, 9.17) is 9.47 Å². The molecule has 0 aromatic rings. The van der Waals surface area contributed by atoms with Gasteiger partial charge in [-0.15, -0.1) is 0 Å². The van der Waals surface area contributed by atoms with Gasteiger partial charge < -0.3 is 9.47 Å². The van der Waals surface area contributed by atoms with E-state index in [-0.39, 0.29) is 5.78 Å². The fourth-order valence-corrected chi connectivity index (χ4v) is 1.77. The van der Waals surface area contributed by atoms with Gasteiger partial charge in [0.2, 0.25) is 0 Å². The average Bonchev–Trinajstić information content (AvgIpc) is 2.36. The number of hydrogen-bond donors (Lipinski definition) is 0. The summed E-state index contributed by atoms with van der Waals surface area (Å²) in [5.41, 5.74) is -0.432. The molecule has 2 heterocycles. The second-order valence-electron chi connectivity index (χ2n) is 3.13. The summed E-state index contributed by atoms with van der Waals surface area (Å²) in [6.45, 7) is 1.95. The van der Waals surface area contributed by atoms with Crippen molar-refractivity contribution in [3.8, 4) is 0 Å². The maximum atomic E-state index is 11.4. The molecule has 0 radical (unpaired) electrons. The van der Waals surface area contributed by atoms with Gasteiger partial charge in [0.25, 0.3) is 0 Å². The van der Waals surface area contributed by atoms with Crippen LogP contribution in [0, 0.1) is 0 Å². The zero-order valence-corrected chi connectivity index (χ0v) is 6.47. The van der Waals surface area contributed by atoms with Gasteiger partial charge >= 0.3 is 0 Å². The lowest BCUT2D eigenvalue weighted by molar-refractivity contribution is -0.141. The molecule has 0 amide bonds. The first-order chi connectivity index (χ1) is 5.33. The summed E-state index contributed by atoms with van der Waals surface area (Å²) in [6.07, 6.45) is 2.11. The van der Waals surface area contributed by atoms with E-state index in [9.17, 15) is 4.79 Å². The maximum absolute atomic E-state index is 11.4. The van der Waals surface area contributed by atoms with Crippen LogP contribution in [-0.2, 0) is 14.3 Å². The van der Waals surface area contributed by atoms with E-state index >= 15 is 0 Å². The van der Waals surface area contributed by atoms with Crippen LogP contribution in [0.1, 0.15) is 19.3 Å². The molecule has 2 fully saturated rings. The Kier molecular flexibility index (Phi) is 1.69. The molecule has 1 spiro atoms. The Morgan fingerprint density at radius 1 is 1.18 bits per heavy atom. The number of Topliss-reactive ketones (excluding diaryl/α,β-unsaturated/α-hetero) is 1. The summed E-state index contributed by atoms with van der Waals surface area (Å²) >= 11 is 0. The molecular weight excluding hydrogens is 144 g/mol. The second-order valence-corrected chi connectivity index (χ2v) is 3.13. The molecule has 0 unspecified atom stereocenters. The monoisotopic (exact) mass is 156 g/mol. The van der Waals surface area contributed by atoms with Crippen molar-refractivity contribution < 1.29 is 14.3 Å². The summed E-state index contributed by atoms with van der Waals surface area (Å²) in [7, 11) is 0. The summed E-state index contributed by atoms with van der Waals surface area (Å²) < 4.78 is 10.6. The van der Waals surface area contributed by atoms with Gasteiger partial charge in [-0.05, 0) is 0 Å². The van der Waals surface area contributed by atoms with E-state index < -0.39 is 5.60 Å². The molecule has 0 N–H and O–H groups in total. The summed E-state index contributed by atoms with van der Waals surface area (Å²) in [5, 5.41) is 0. The Bertz CT molecular complexity index is 170. The first-order valence-electron chi connectivity index (χ1n) is 4.08. The number of ether oxygens (including phenoxy) is 2. The number of carbonyl (C=O) groups excluding carboxylic acids is 1. The fraction of sp³-hybridized carbons (Fsp3) is 0.875. The van der Waals surface area contributed by atoms with E-state index in [1.54, 1.807) is 0 Å².